The molecule has 1 aromatic carbocycles. The Morgan fingerprint density at radius 1 is 1.28 bits per heavy atom. The SMILES string of the molecule is COc1cc(NC2CCCCCC2O)ccc1Cl. The first-order valence-electron chi connectivity index (χ1n) is 6.49. The van der Waals surface area contributed by atoms with Gasteiger partial charge in [-0.05, 0) is 25.0 Å². The summed E-state index contributed by atoms with van der Waals surface area (Å²) in [5, 5.41) is 14.1. The van der Waals surface area contributed by atoms with Gasteiger partial charge in [-0.15, -0.1) is 0 Å². The highest BCUT2D eigenvalue weighted by atomic mass is 35.5. The van der Waals surface area contributed by atoms with Gasteiger partial charge in [0.2, 0.25) is 0 Å². The Bertz CT molecular complexity index is 397. The highest BCUT2D eigenvalue weighted by molar-refractivity contribution is 6.32. The number of anilines is 1. The number of aliphatic hydroxyl groups excluding tert-OH is 1. The molecule has 3 nitrogen and oxygen atoms in total. The van der Waals surface area contributed by atoms with Crippen LogP contribution in [0.3, 0.4) is 0 Å². The normalized spacial score (nSPS) is 24.4. The molecule has 0 saturated heterocycles. The molecule has 0 spiro atoms. The minimum atomic E-state index is -0.269. The molecular formula is C14H20ClNO2. The van der Waals surface area contributed by atoms with Crippen molar-refractivity contribution in [1.29, 1.82) is 0 Å². The van der Waals surface area contributed by atoms with E-state index in [1.807, 2.05) is 18.2 Å². The van der Waals surface area contributed by atoms with Crippen molar-refractivity contribution in [3.63, 3.8) is 0 Å². The summed E-state index contributed by atoms with van der Waals surface area (Å²) >= 11 is 5.99. The van der Waals surface area contributed by atoms with Crippen LogP contribution in [0.4, 0.5) is 5.69 Å². The lowest BCUT2D eigenvalue weighted by molar-refractivity contribution is 0.144. The molecule has 1 saturated carbocycles. The second kappa shape index (κ2) is 6.30. The van der Waals surface area contributed by atoms with Crippen LogP contribution in [0.15, 0.2) is 18.2 Å². The lowest BCUT2D eigenvalue weighted by Crippen LogP contribution is -2.32. The fourth-order valence-electron chi connectivity index (χ4n) is 2.42. The lowest BCUT2D eigenvalue weighted by atomic mass is 10.1. The van der Waals surface area contributed by atoms with Gasteiger partial charge in [0, 0.05) is 11.8 Å². The van der Waals surface area contributed by atoms with Crippen LogP contribution in [-0.2, 0) is 0 Å². The molecule has 0 bridgehead atoms. The Labute approximate surface area is 113 Å². The van der Waals surface area contributed by atoms with Crippen molar-refractivity contribution in [2.24, 2.45) is 0 Å². The van der Waals surface area contributed by atoms with E-state index in [-0.39, 0.29) is 12.1 Å². The van der Waals surface area contributed by atoms with Gasteiger partial charge in [-0.25, -0.2) is 0 Å². The van der Waals surface area contributed by atoms with Crippen LogP contribution >= 0.6 is 11.6 Å². The van der Waals surface area contributed by atoms with E-state index in [9.17, 15) is 5.11 Å². The van der Waals surface area contributed by atoms with Crippen molar-refractivity contribution >= 4 is 17.3 Å². The van der Waals surface area contributed by atoms with E-state index >= 15 is 0 Å². The number of hydrogen-bond donors (Lipinski definition) is 2. The second-order valence-corrected chi connectivity index (χ2v) is 5.21. The van der Waals surface area contributed by atoms with Crippen LogP contribution in [0.25, 0.3) is 0 Å². The summed E-state index contributed by atoms with van der Waals surface area (Å²) < 4.78 is 5.19. The van der Waals surface area contributed by atoms with Crippen molar-refractivity contribution in [3.05, 3.63) is 23.2 Å². The molecule has 0 heterocycles. The van der Waals surface area contributed by atoms with Gasteiger partial charge in [0.25, 0.3) is 0 Å². The Hall–Kier alpha value is -0.930. The average molecular weight is 270 g/mol. The van der Waals surface area contributed by atoms with Gasteiger partial charge < -0.3 is 15.2 Å². The molecule has 1 aromatic rings. The van der Waals surface area contributed by atoms with Crippen LogP contribution in [0.1, 0.15) is 32.1 Å². The zero-order valence-corrected chi connectivity index (χ0v) is 11.4. The lowest BCUT2D eigenvalue weighted by Gasteiger charge is -2.23. The number of rotatable bonds is 3. The molecule has 1 aliphatic rings. The van der Waals surface area contributed by atoms with E-state index in [2.05, 4.69) is 5.32 Å². The molecule has 4 heteroatoms. The average Bonchev–Trinajstić information content (AvgIpc) is 2.57. The summed E-state index contributed by atoms with van der Waals surface area (Å²) in [6.45, 7) is 0. The third-order valence-corrected chi connectivity index (χ3v) is 3.79. The molecule has 1 aliphatic carbocycles. The molecule has 2 unspecified atom stereocenters. The Kier molecular flexibility index (Phi) is 4.72. The number of ether oxygens (including phenoxy) is 1. The minimum absolute atomic E-state index is 0.124. The largest absolute Gasteiger partial charge is 0.495 e. The summed E-state index contributed by atoms with van der Waals surface area (Å²) in [6.07, 6.45) is 5.10. The van der Waals surface area contributed by atoms with Crippen molar-refractivity contribution in [3.8, 4) is 5.75 Å². The summed E-state index contributed by atoms with van der Waals surface area (Å²) in [6, 6.07) is 5.73. The molecule has 100 valence electrons. The number of halogens is 1. The smallest absolute Gasteiger partial charge is 0.139 e. The number of hydrogen-bond acceptors (Lipinski definition) is 3. The zero-order valence-electron chi connectivity index (χ0n) is 10.7. The van der Waals surface area contributed by atoms with E-state index in [1.165, 1.54) is 12.8 Å². The molecule has 0 amide bonds. The van der Waals surface area contributed by atoms with Crippen LogP contribution in [-0.4, -0.2) is 24.4 Å². The van der Waals surface area contributed by atoms with Gasteiger partial charge in [-0.3, -0.25) is 0 Å². The van der Waals surface area contributed by atoms with Crippen LogP contribution in [0.2, 0.25) is 5.02 Å². The van der Waals surface area contributed by atoms with Crippen molar-refractivity contribution < 1.29 is 9.84 Å². The number of methoxy groups -OCH3 is 1. The van der Waals surface area contributed by atoms with Gasteiger partial charge in [-0.1, -0.05) is 30.9 Å². The highest BCUT2D eigenvalue weighted by Gasteiger charge is 2.21. The van der Waals surface area contributed by atoms with Gasteiger partial charge in [0.1, 0.15) is 5.75 Å². The fraction of sp³-hybridized carbons (Fsp3) is 0.571. The molecule has 2 atom stereocenters. The van der Waals surface area contributed by atoms with Crippen LogP contribution in [0.5, 0.6) is 5.75 Å². The number of aliphatic hydroxyl groups is 1. The third-order valence-electron chi connectivity index (χ3n) is 3.48. The van der Waals surface area contributed by atoms with E-state index in [1.54, 1.807) is 7.11 Å². The van der Waals surface area contributed by atoms with Gasteiger partial charge in [0.15, 0.2) is 0 Å². The molecule has 2 N–H and O–H groups in total. The van der Waals surface area contributed by atoms with Crippen LogP contribution in [0, 0.1) is 0 Å². The molecule has 1 fully saturated rings. The molecule has 0 aromatic heterocycles. The summed E-state index contributed by atoms with van der Waals surface area (Å²) in [7, 11) is 1.60. The maximum Gasteiger partial charge on any atom is 0.139 e. The second-order valence-electron chi connectivity index (χ2n) is 4.81. The van der Waals surface area contributed by atoms with Crippen molar-refractivity contribution in [1.82, 2.24) is 0 Å². The zero-order chi connectivity index (χ0) is 13.0. The maximum absolute atomic E-state index is 10.1. The van der Waals surface area contributed by atoms with Crippen LogP contribution < -0.4 is 10.1 Å². The Morgan fingerprint density at radius 2 is 2.06 bits per heavy atom. The summed E-state index contributed by atoms with van der Waals surface area (Å²) in [5.74, 6) is 0.657. The molecule has 2 rings (SSSR count). The summed E-state index contributed by atoms with van der Waals surface area (Å²) in [4.78, 5) is 0. The molecular weight excluding hydrogens is 250 g/mol. The monoisotopic (exact) mass is 269 g/mol. The first kappa shape index (κ1) is 13.5. The molecule has 0 aliphatic heterocycles. The quantitative estimate of drug-likeness (QED) is 0.826. The predicted molar refractivity (Wildman–Crippen MR) is 74.5 cm³/mol. The topological polar surface area (TPSA) is 41.5 Å². The van der Waals surface area contributed by atoms with E-state index in [4.69, 9.17) is 16.3 Å². The number of nitrogens with one attached hydrogen (secondary N) is 1. The highest BCUT2D eigenvalue weighted by Crippen LogP contribution is 2.29. The van der Waals surface area contributed by atoms with Gasteiger partial charge >= 0.3 is 0 Å². The number of benzene rings is 1. The first-order chi connectivity index (χ1) is 8.70. The first-order valence-corrected chi connectivity index (χ1v) is 6.86. The minimum Gasteiger partial charge on any atom is -0.495 e. The van der Waals surface area contributed by atoms with Crippen molar-refractivity contribution in [2.45, 2.75) is 44.2 Å². The standard InChI is InChI=1S/C14H20ClNO2/c1-18-14-9-10(7-8-11(14)15)16-12-5-3-2-4-6-13(12)17/h7-9,12-13,16-17H,2-6H2,1H3. The van der Waals surface area contributed by atoms with E-state index in [0.717, 1.165) is 24.9 Å². The Morgan fingerprint density at radius 3 is 2.83 bits per heavy atom. The third kappa shape index (κ3) is 3.30. The van der Waals surface area contributed by atoms with Gasteiger partial charge in [-0.2, -0.15) is 0 Å². The van der Waals surface area contributed by atoms with Gasteiger partial charge in [0.05, 0.1) is 24.3 Å². The molecule has 18 heavy (non-hydrogen) atoms. The van der Waals surface area contributed by atoms with E-state index in [0.29, 0.717) is 10.8 Å². The fourth-order valence-corrected chi connectivity index (χ4v) is 2.61. The maximum atomic E-state index is 10.1. The molecule has 0 radical (unpaired) electrons. The summed E-state index contributed by atoms with van der Waals surface area (Å²) in [5.41, 5.74) is 0.946. The predicted octanol–water partition coefficient (Wildman–Crippen LogP) is 3.45. The van der Waals surface area contributed by atoms with E-state index < -0.39 is 0 Å². The Balaban J connectivity index is 2.07. The van der Waals surface area contributed by atoms with Crippen molar-refractivity contribution in [2.75, 3.05) is 12.4 Å².